The molecule has 2 N–H and O–H groups in total. The lowest BCUT2D eigenvalue weighted by Gasteiger charge is -2.21. The van der Waals surface area contributed by atoms with Gasteiger partial charge < -0.3 is 14.8 Å². The van der Waals surface area contributed by atoms with Crippen molar-refractivity contribution in [1.29, 1.82) is 0 Å². The van der Waals surface area contributed by atoms with Gasteiger partial charge in [0.05, 0.1) is 6.26 Å². The summed E-state index contributed by atoms with van der Waals surface area (Å²) < 4.78 is 5.25. The van der Waals surface area contributed by atoms with Gasteiger partial charge in [0.2, 0.25) is 0 Å². The Bertz CT molecular complexity index is 530. The van der Waals surface area contributed by atoms with Crippen LogP contribution >= 0.6 is 0 Å². The summed E-state index contributed by atoms with van der Waals surface area (Å²) in [4.78, 5) is 0. The lowest BCUT2D eigenvalue weighted by atomic mass is 10.0. The predicted molar refractivity (Wildman–Crippen MR) is 75.9 cm³/mol. The largest absolute Gasteiger partial charge is 0.466 e. The molecule has 0 aliphatic heterocycles. The van der Waals surface area contributed by atoms with Crippen LogP contribution in [-0.4, -0.2) is 11.7 Å². The molecular formula is C16H21NO2. The van der Waals surface area contributed by atoms with E-state index < -0.39 is 5.60 Å². The van der Waals surface area contributed by atoms with E-state index in [1.807, 2.05) is 0 Å². The van der Waals surface area contributed by atoms with Crippen LogP contribution in [0.1, 0.15) is 29.4 Å². The molecule has 0 amide bonds. The fourth-order valence-electron chi connectivity index (χ4n) is 2.12. The molecule has 1 atom stereocenters. The molecule has 0 bridgehead atoms. The Morgan fingerprint density at radius 1 is 1.21 bits per heavy atom. The number of hydrogen-bond acceptors (Lipinski definition) is 3. The van der Waals surface area contributed by atoms with Gasteiger partial charge in [-0.3, -0.25) is 0 Å². The molecule has 0 fully saturated rings. The van der Waals surface area contributed by atoms with E-state index in [0.29, 0.717) is 12.3 Å². The predicted octanol–water partition coefficient (Wildman–Crippen LogP) is 2.89. The second kappa shape index (κ2) is 5.59. The van der Waals surface area contributed by atoms with Gasteiger partial charge in [-0.2, -0.15) is 0 Å². The fraction of sp³-hybridized carbons (Fsp3) is 0.375. The van der Waals surface area contributed by atoms with E-state index in [0.717, 1.165) is 6.54 Å². The number of benzene rings is 1. The highest BCUT2D eigenvalue weighted by Crippen LogP contribution is 2.20. The Morgan fingerprint density at radius 3 is 2.68 bits per heavy atom. The average molecular weight is 259 g/mol. The van der Waals surface area contributed by atoms with E-state index in [4.69, 9.17) is 4.42 Å². The summed E-state index contributed by atoms with van der Waals surface area (Å²) in [6, 6.07) is 9.85. The van der Waals surface area contributed by atoms with Gasteiger partial charge in [-0.1, -0.05) is 18.2 Å². The number of aliphatic hydroxyl groups is 1. The molecule has 0 aliphatic carbocycles. The van der Waals surface area contributed by atoms with Crippen LogP contribution in [0.25, 0.3) is 0 Å². The van der Waals surface area contributed by atoms with Crippen molar-refractivity contribution in [1.82, 2.24) is 5.32 Å². The molecule has 1 aromatic carbocycles. The smallest absolute Gasteiger partial charge is 0.136 e. The van der Waals surface area contributed by atoms with Gasteiger partial charge in [0.25, 0.3) is 0 Å². The van der Waals surface area contributed by atoms with Gasteiger partial charge in [-0.05, 0) is 49.6 Å². The second-order valence-electron chi connectivity index (χ2n) is 5.21. The zero-order valence-electron chi connectivity index (χ0n) is 11.7. The molecule has 0 aliphatic rings. The van der Waals surface area contributed by atoms with Crippen molar-refractivity contribution in [2.24, 2.45) is 0 Å². The third-order valence-electron chi connectivity index (χ3n) is 3.55. The molecule has 0 spiro atoms. The highest BCUT2D eigenvalue weighted by molar-refractivity contribution is 5.32. The van der Waals surface area contributed by atoms with Crippen LogP contribution in [0.4, 0.5) is 0 Å². The molecule has 3 nitrogen and oxygen atoms in total. The van der Waals surface area contributed by atoms with Crippen molar-refractivity contribution in [3.05, 3.63) is 59.0 Å². The van der Waals surface area contributed by atoms with Crippen molar-refractivity contribution in [3.63, 3.8) is 0 Å². The van der Waals surface area contributed by atoms with Crippen molar-refractivity contribution in [2.45, 2.75) is 32.9 Å². The summed E-state index contributed by atoms with van der Waals surface area (Å²) in [5.41, 5.74) is 2.86. The molecule has 0 saturated heterocycles. The van der Waals surface area contributed by atoms with Crippen LogP contribution in [0.15, 0.2) is 41.0 Å². The van der Waals surface area contributed by atoms with E-state index in [-0.39, 0.29) is 0 Å². The summed E-state index contributed by atoms with van der Waals surface area (Å²) >= 11 is 0. The lowest BCUT2D eigenvalue weighted by Crippen LogP contribution is -2.34. The molecule has 2 rings (SSSR count). The maximum Gasteiger partial charge on any atom is 0.136 e. The molecule has 0 radical (unpaired) electrons. The summed E-state index contributed by atoms with van der Waals surface area (Å²) in [7, 11) is 0. The van der Waals surface area contributed by atoms with E-state index in [1.54, 1.807) is 25.3 Å². The fourth-order valence-corrected chi connectivity index (χ4v) is 2.12. The Balaban J connectivity index is 1.95. The van der Waals surface area contributed by atoms with Crippen LogP contribution in [0.3, 0.4) is 0 Å². The van der Waals surface area contributed by atoms with E-state index in [1.165, 1.54) is 16.7 Å². The van der Waals surface area contributed by atoms with Gasteiger partial charge >= 0.3 is 0 Å². The minimum Gasteiger partial charge on any atom is -0.466 e. The number of furan rings is 1. The summed E-state index contributed by atoms with van der Waals surface area (Å²) in [5.74, 6) is 0.584. The summed E-state index contributed by atoms with van der Waals surface area (Å²) in [6.45, 7) is 7.18. The molecule has 1 aromatic heterocycles. The van der Waals surface area contributed by atoms with E-state index >= 15 is 0 Å². The first kappa shape index (κ1) is 13.8. The van der Waals surface area contributed by atoms with Gasteiger partial charge in [-0.15, -0.1) is 0 Å². The zero-order chi connectivity index (χ0) is 13.9. The molecule has 1 heterocycles. The number of rotatable bonds is 5. The summed E-state index contributed by atoms with van der Waals surface area (Å²) in [5, 5.41) is 13.6. The van der Waals surface area contributed by atoms with Gasteiger partial charge in [-0.25, -0.2) is 0 Å². The van der Waals surface area contributed by atoms with Crippen LogP contribution in [-0.2, 0) is 12.1 Å². The van der Waals surface area contributed by atoms with Gasteiger partial charge in [0.1, 0.15) is 11.4 Å². The molecule has 102 valence electrons. The van der Waals surface area contributed by atoms with E-state index in [9.17, 15) is 5.11 Å². The maximum atomic E-state index is 10.3. The third kappa shape index (κ3) is 3.25. The Hall–Kier alpha value is -1.58. The first-order valence-electron chi connectivity index (χ1n) is 6.53. The van der Waals surface area contributed by atoms with Crippen LogP contribution in [0.5, 0.6) is 0 Å². The SMILES string of the molecule is Cc1cccc(CNCC(C)(O)c2ccco2)c1C. The summed E-state index contributed by atoms with van der Waals surface area (Å²) in [6.07, 6.45) is 1.58. The van der Waals surface area contributed by atoms with Crippen LogP contribution < -0.4 is 5.32 Å². The molecular weight excluding hydrogens is 238 g/mol. The van der Waals surface area contributed by atoms with Crippen molar-refractivity contribution >= 4 is 0 Å². The molecule has 19 heavy (non-hydrogen) atoms. The van der Waals surface area contributed by atoms with E-state index in [2.05, 4.69) is 37.4 Å². The first-order chi connectivity index (χ1) is 9.00. The first-order valence-corrected chi connectivity index (χ1v) is 6.53. The number of hydrogen-bond donors (Lipinski definition) is 2. The average Bonchev–Trinajstić information content (AvgIpc) is 2.89. The van der Waals surface area contributed by atoms with Crippen molar-refractivity contribution in [2.75, 3.05) is 6.54 Å². The quantitative estimate of drug-likeness (QED) is 0.868. The Kier molecular flexibility index (Phi) is 4.08. The lowest BCUT2D eigenvalue weighted by molar-refractivity contribution is 0.0340. The Labute approximate surface area is 114 Å². The van der Waals surface area contributed by atoms with Gasteiger partial charge in [0.15, 0.2) is 0 Å². The highest BCUT2D eigenvalue weighted by Gasteiger charge is 2.25. The number of nitrogens with one attached hydrogen (secondary N) is 1. The van der Waals surface area contributed by atoms with Crippen LogP contribution in [0, 0.1) is 13.8 Å². The molecule has 0 saturated carbocycles. The Morgan fingerprint density at radius 2 is 2.00 bits per heavy atom. The maximum absolute atomic E-state index is 10.3. The van der Waals surface area contributed by atoms with Crippen molar-refractivity contribution < 1.29 is 9.52 Å². The highest BCUT2D eigenvalue weighted by atomic mass is 16.4. The topological polar surface area (TPSA) is 45.4 Å². The second-order valence-corrected chi connectivity index (χ2v) is 5.21. The third-order valence-corrected chi connectivity index (χ3v) is 3.55. The molecule has 1 unspecified atom stereocenters. The van der Waals surface area contributed by atoms with Crippen LogP contribution in [0.2, 0.25) is 0 Å². The van der Waals surface area contributed by atoms with Gasteiger partial charge in [0, 0.05) is 13.1 Å². The van der Waals surface area contributed by atoms with Crippen molar-refractivity contribution in [3.8, 4) is 0 Å². The minimum absolute atomic E-state index is 0.452. The molecule has 2 aromatic rings. The monoisotopic (exact) mass is 259 g/mol. The number of aryl methyl sites for hydroxylation is 1. The normalized spacial score (nSPS) is 14.3. The zero-order valence-corrected chi connectivity index (χ0v) is 11.7. The standard InChI is InChI=1S/C16H21NO2/c1-12-6-4-7-14(13(12)2)10-17-11-16(3,18)15-8-5-9-19-15/h4-9,17-18H,10-11H2,1-3H3. The minimum atomic E-state index is -0.985. The molecule has 3 heteroatoms.